The molecule has 7 heteroatoms. The first-order valence-corrected chi connectivity index (χ1v) is 8.90. The fraction of sp³-hybridized carbons (Fsp3) is 0.105. The highest BCUT2D eigenvalue weighted by Gasteiger charge is 2.17. The van der Waals surface area contributed by atoms with Crippen molar-refractivity contribution >= 4 is 38.0 Å². The average Bonchev–Trinajstić information content (AvgIpc) is 3.13. The first-order chi connectivity index (χ1) is 12.6. The Bertz CT molecular complexity index is 1210. The van der Waals surface area contributed by atoms with Crippen molar-refractivity contribution in [2.24, 2.45) is 10.9 Å². The zero-order valence-electron chi connectivity index (χ0n) is 13.6. The molecule has 0 unspecified atom stereocenters. The zero-order chi connectivity index (χ0) is 18.3. The first-order valence-electron chi connectivity index (χ1n) is 8.02. The molecule has 5 nitrogen and oxygen atoms in total. The van der Waals surface area contributed by atoms with Crippen LogP contribution in [0.4, 0.5) is 10.1 Å². The lowest BCUT2D eigenvalue weighted by atomic mass is 9.95. The molecule has 130 valence electrons. The molecule has 0 aliphatic carbocycles. The maximum Gasteiger partial charge on any atom is 0.266 e. The minimum absolute atomic E-state index is 0.190. The van der Waals surface area contributed by atoms with Crippen LogP contribution in [0.5, 0.6) is 0 Å². The Morgan fingerprint density at radius 3 is 2.77 bits per heavy atom. The third-order valence-electron chi connectivity index (χ3n) is 4.43. The highest BCUT2D eigenvalue weighted by atomic mass is 32.1. The van der Waals surface area contributed by atoms with Gasteiger partial charge in [-0.25, -0.2) is 4.39 Å². The zero-order valence-corrected chi connectivity index (χ0v) is 14.4. The number of nitrogens with two attached hydrogens (primary N) is 1. The first kappa shape index (κ1) is 16.6. The van der Waals surface area contributed by atoms with Gasteiger partial charge in [-0.1, -0.05) is 12.1 Å². The smallest absolute Gasteiger partial charge is 0.266 e. The molecule has 0 aliphatic rings. The van der Waals surface area contributed by atoms with Crippen LogP contribution in [-0.2, 0) is 6.42 Å². The number of rotatable bonds is 4. The van der Waals surface area contributed by atoms with Crippen LogP contribution in [0.1, 0.15) is 5.56 Å². The van der Waals surface area contributed by atoms with E-state index in [0.29, 0.717) is 45.3 Å². The van der Waals surface area contributed by atoms with Gasteiger partial charge in [-0.2, -0.15) is 0 Å². The van der Waals surface area contributed by atoms with E-state index in [4.69, 9.17) is 5.73 Å². The van der Waals surface area contributed by atoms with Gasteiger partial charge >= 0.3 is 0 Å². The second kappa shape index (κ2) is 6.44. The van der Waals surface area contributed by atoms with Crippen molar-refractivity contribution in [3.63, 3.8) is 0 Å². The molecule has 0 radical (unpaired) electrons. The molecule has 0 amide bonds. The molecule has 0 saturated heterocycles. The summed E-state index contributed by atoms with van der Waals surface area (Å²) in [7, 11) is 0. The number of nitrogens with one attached hydrogen (secondary N) is 1. The summed E-state index contributed by atoms with van der Waals surface area (Å²) >= 11 is 1.32. The van der Waals surface area contributed by atoms with Crippen molar-refractivity contribution in [1.29, 1.82) is 0 Å². The number of nitroso groups, excluding NO2 is 1. The van der Waals surface area contributed by atoms with Crippen molar-refractivity contribution in [1.82, 2.24) is 4.98 Å². The van der Waals surface area contributed by atoms with E-state index in [2.05, 4.69) is 10.2 Å². The van der Waals surface area contributed by atoms with Gasteiger partial charge in [0.25, 0.3) is 5.56 Å². The summed E-state index contributed by atoms with van der Waals surface area (Å²) in [6.45, 7) is 0.350. The number of aromatic nitrogens is 1. The predicted molar refractivity (Wildman–Crippen MR) is 104 cm³/mol. The van der Waals surface area contributed by atoms with E-state index in [9.17, 15) is 14.1 Å². The van der Waals surface area contributed by atoms with E-state index < -0.39 is 0 Å². The van der Waals surface area contributed by atoms with Gasteiger partial charge in [0.15, 0.2) is 0 Å². The third-order valence-corrected chi connectivity index (χ3v) is 5.34. The van der Waals surface area contributed by atoms with E-state index in [1.807, 2.05) is 11.4 Å². The fourth-order valence-corrected chi connectivity index (χ4v) is 4.06. The molecule has 2 aromatic heterocycles. The molecule has 3 N–H and O–H groups in total. The standard InChI is InChI=1S/C19H14FN3O2S/c20-13-9-11(2-1-10(13)5-7-21)16-15(23-25)4-3-14-17(16)12-6-8-26-18(12)19(24)22-14/h1-4,6,8-9H,5,7,21H2,(H,22,24). The van der Waals surface area contributed by atoms with Gasteiger partial charge in [0, 0.05) is 21.9 Å². The molecule has 0 aliphatic heterocycles. The molecular formula is C19H14FN3O2S. The topological polar surface area (TPSA) is 88.3 Å². The lowest BCUT2D eigenvalue weighted by Crippen LogP contribution is -2.05. The Balaban J connectivity index is 2.11. The van der Waals surface area contributed by atoms with Crippen LogP contribution in [0, 0.1) is 10.7 Å². The molecule has 4 aromatic rings. The summed E-state index contributed by atoms with van der Waals surface area (Å²) in [4.78, 5) is 26.5. The van der Waals surface area contributed by atoms with Crippen molar-refractivity contribution in [2.45, 2.75) is 6.42 Å². The molecule has 0 bridgehead atoms. The maximum atomic E-state index is 14.5. The molecule has 0 atom stereocenters. The van der Waals surface area contributed by atoms with Crippen LogP contribution in [0.15, 0.2) is 51.7 Å². The summed E-state index contributed by atoms with van der Waals surface area (Å²) < 4.78 is 15.0. The van der Waals surface area contributed by atoms with Gasteiger partial charge in [-0.3, -0.25) is 4.79 Å². The number of nitrogens with zero attached hydrogens (tertiary/aromatic N) is 1. The normalized spacial score (nSPS) is 11.3. The van der Waals surface area contributed by atoms with Crippen LogP contribution in [0.2, 0.25) is 0 Å². The molecule has 26 heavy (non-hydrogen) atoms. The summed E-state index contributed by atoms with van der Waals surface area (Å²) in [6, 6.07) is 9.81. The molecule has 0 spiro atoms. The van der Waals surface area contributed by atoms with E-state index >= 15 is 0 Å². The van der Waals surface area contributed by atoms with Gasteiger partial charge < -0.3 is 10.7 Å². The Kier molecular flexibility index (Phi) is 4.10. The number of halogens is 1. The molecule has 2 aromatic carbocycles. The number of fused-ring (bicyclic) bond motifs is 3. The van der Waals surface area contributed by atoms with Gasteiger partial charge in [0.1, 0.15) is 16.2 Å². The number of hydrogen-bond donors (Lipinski definition) is 2. The minimum atomic E-state index is -0.382. The SMILES string of the molecule is NCCc1ccc(-c2c(N=O)ccc3[nH]c(=O)c4sccc4c23)cc1F. The number of benzene rings is 2. The molecule has 0 saturated carbocycles. The van der Waals surface area contributed by atoms with Crippen LogP contribution in [-0.4, -0.2) is 11.5 Å². The van der Waals surface area contributed by atoms with E-state index in [0.717, 1.165) is 5.39 Å². The lowest BCUT2D eigenvalue weighted by molar-refractivity contribution is 0.610. The number of hydrogen-bond acceptors (Lipinski definition) is 5. The Labute approximate surface area is 151 Å². The minimum Gasteiger partial charge on any atom is -0.330 e. The number of aromatic amines is 1. The third kappa shape index (κ3) is 2.53. The lowest BCUT2D eigenvalue weighted by Gasteiger charge is -2.11. The molecule has 2 heterocycles. The maximum absolute atomic E-state index is 14.5. The monoisotopic (exact) mass is 367 g/mol. The Hall–Kier alpha value is -2.90. The van der Waals surface area contributed by atoms with Crippen molar-refractivity contribution < 1.29 is 4.39 Å². The number of thiophene rings is 1. The summed E-state index contributed by atoms with van der Waals surface area (Å²) in [5.41, 5.74) is 7.65. The molecular weight excluding hydrogens is 353 g/mol. The highest BCUT2D eigenvalue weighted by Crippen LogP contribution is 2.40. The van der Waals surface area contributed by atoms with Crippen molar-refractivity contribution in [2.75, 3.05) is 6.54 Å². The Morgan fingerprint density at radius 1 is 1.19 bits per heavy atom. The fourth-order valence-electron chi connectivity index (χ4n) is 3.27. The van der Waals surface area contributed by atoms with E-state index in [1.165, 1.54) is 23.5 Å². The number of H-pyrrole nitrogens is 1. The molecule has 4 rings (SSSR count). The predicted octanol–water partition coefficient (Wildman–Crippen LogP) is 4.45. The van der Waals surface area contributed by atoms with Crippen LogP contribution < -0.4 is 11.3 Å². The molecule has 0 fully saturated rings. The largest absolute Gasteiger partial charge is 0.330 e. The van der Waals surface area contributed by atoms with Crippen molar-refractivity contribution in [3.05, 3.63) is 68.4 Å². The number of pyridine rings is 1. The van der Waals surface area contributed by atoms with E-state index in [1.54, 1.807) is 18.2 Å². The van der Waals surface area contributed by atoms with Crippen LogP contribution in [0.25, 0.3) is 32.1 Å². The second-order valence-corrected chi connectivity index (χ2v) is 6.85. The summed E-state index contributed by atoms with van der Waals surface area (Å²) in [5.74, 6) is -0.382. The van der Waals surface area contributed by atoms with Gasteiger partial charge in [0.2, 0.25) is 0 Å². The van der Waals surface area contributed by atoms with Gasteiger partial charge in [-0.05, 0) is 58.9 Å². The van der Waals surface area contributed by atoms with Gasteiger partial charge in [0.05, 0.1) is 0 Å². The average molecular weight is 367 g/mol. The van der Waals surface area contributed by atoms with Gasteiger partial charge in [-0.15, -0.1) is 16.2 Å². The highest BCUT2D eigenvalue weighted by molar-refractivity contribution is 7.17. The quantitative estimate of drug-likeness (QED) is 0.522. The Morgan fingerprint density at radius 2 is 2.04 bits per heavy atom. The van der Waals surface area contributed by atoms with Crippen LogP contribution >= 0.6 is 11.3 Å². The summed E-state index contributed by atoms with van der Waals surface area (Å²) in [5, 5.41) is 6.34. The van der Waals surface area contributed by atoms with E-state index in [-0.39, 0.29) is 17.1 Å². The van der Waals surface area contributed by atoms with Crippen LogP contribution in [0.3, 0.4) is 0 Å². The van der Waals surface area contributed by atoms with Crippen molar-refractivity contribution in [3.8, 4) is 11.1 Å². The second-order valence-electron chi connectivity index (χ2n) is 5.94. The summed E-state index contributed by atoms with van der Waals surface area (Å²) in [6.07, 6.45) is 0.433.